The van der Waals surface area contributed by atoms with Crippen molar-refractivity contribution in [1.82, 2.24) is 42.5 Å². The van der Waals surface area contributed by atoms with Gasteiger partial charge in [-0.1, -0.05) is 204 Å². The van der Waals surface area contributed by atoms with Crippen LogP contribution in [0.1, 0.15) is 112 Å². The lowest BCUT2D eigenvalue weighted by Gasteiger charge is -2.35. The van der Waals surface area contributed by atoms with E-state index in [0.717, 1.165) is 55.0 Å². The van der Waals surface area contributed by atoms with Crippen LogP contribution in [0.15, 0.2) is 182 Å². The van der Waals surface area contributed by atoms with Crippen molar-refractivity contribution < 1.29 is 63.2 Å². The molecule has 1 aliphatic heterocycles. The molecule has 24 heteroatoms. The summed E-state index contributed by atoms with van der Waals surface area (Å²) >= 11 is 1.58. The van der Waals surface area contributed by atoms with E-state index in [4.69, 9.17) is 4.74 Å². The maximum atomic E-state index is 15.5. The molecule has 0 saturated carbocycles. The summed E-state index contributed by atoms with van der Waals surface area (Å²) in [5.74, 6) is -7.41. The quantitative estimate of drug-likeness (QED) is 0.0143. The molecule has 1 heterocycles. The molecule has 1 fully saturated rings. The van der Waals surface area contributed by atoms with Crippen molar-refractivity contribution >= 4 is 92.1 Å². The van der Waals surface area contributed by atoms with Crippen molar-refractivity contribution in [2.45, 2.75) is 157 Å². The van der Waals surface area contributed by atoms with Gasteiger partial charge in [-0.2, -0.15) is 0 Å². The summed E-state index contributed by atoms with van der Waals surface area (Å²) in [7, 11) is 2.05. The molecule has 0 bridgehead atoms. The van der Waals surface area contributed by atoms with Crippen LogP contribution in [0.2, 0.25) is 0 Å². The number of fused-ring (bicyclic) bond motifs is 1. The number of nitrogens with one attached hydrogen (secondary N) is 8. The number of carbonyl (C=O) groups is 9. The van der Waals surface area contributed by atoms with Gasteiger partial charge in [0.1, 0.15) is 35.8 Å². The topological polar surface area (TPSA) is 320 Å². The van der Waals surface area contributed by atoms with Crippen molar-refractivity contribution in [1.29, 1.82) is 0 Å². The number of aliphatic hydroxyl groups excluding tert-OH is 3. The zero-order valence-corrected chi connectivity index (χ0v) is 60.6. The lowest BCUT2D eigenvalue weighted by atomic mass is 9.84. The molecule has 0 spiro atoms. The van der Waals surface area contributed by atoms with Crippen LogP contribution in [0.25, 0.3) is 5.57 Å². The Bertz CT molecular complexity index is 3700. The Morgan fingerprint density at radius 2 is 1.20 bits per heavy atom. The molecule has 1 aliphatic carbocycles. The highest BCUT2D eigenvalue weighted by atomic mass is 33.1. The number of hydrogen-bond acceptors (Lipinski definition) is 16. The molecule has 6 aromatic carbocycles. The van der Waals surface area contributed by atoms with Gasteiger partial charge in [-0.25, -0.2) is 4.79 Å². The number of ketones is 1. The Kier molecular flexibility index (Phi) is 30.2. The van der Waals surface area contributed by atoms with Gasteiger partial charge in [0.05, 0.1) is 35.6 Å². The number of thioether (sulfide) groups is 1. The SMILES string of the molecule is C[C@@H](O)C(CO)NC(=O)[C@@H]1CSSC[C@H](NC(=O)[C@@H](Cc2ccccc2)NC(=O)CCSC(c2ccccc2)(c2ccccc2)c2ccccc2)C(=O)C[C@@H](Cc2ccccc2)C(=O)N[C@H](CC2=CCc3ccccc32)C(=O)N[C@@H](CCCCNC(=O)OC(C)(C)C)C(=O)N[C@@H]([C@@H](C)O)C(=O)N1. The molecule has 1 unspecified atom stereocenters. The highest BCUT2D eigenvalue weighted by Gasteiger charge is 2.40. The molecular weight excluding hydrogens is 1350 g/mol. The van der Waals surface area contributed by atoms with Gasteiger partial charge >= 0.3 is 6.09 Å². The minimum Gasteiger partial charge on any atom is -0.444 e. The van der Waals surface area contributed by atoms with Crippen LogP contribution in [-0.4, -0.2) is 159 Å². The van der Waals surface area contributed by atoms with Crippen LogP contribution in [0.4, 0.5) is 4.79 Å². The molecule has 102 heavy (non-hydrogen) atoms. The number of aliphatic hydroxyl groups is 3. The van der Waals surface area contributed by atoms with E-state index < -0.39 is 137 Å². The van der Waals surface area contributed by atoms with Crippen molar-refractivity contribution in [2.24, 2.45) is 5.92 Å². The number of amides is 8. The third kappa shape index (κ3) is 23.4. The highest BCUT2D eigenvalue weighted by molar-refractivity contribution is 8.76. The fraction of sp³-hybridized carbons (Fsp3) is 0.397. The smallest absolute Gasteiger partial charge is 0.407 e. The van der Waals surface area contributed by atoms with Crippen molar-refractivity contribution in [3.05, 3.63) is 221 Å². The number of ether oxygens (including phenoxy) is 1. The van der Waals surface area contributed by atoms with Gasteiger partial charge < -0.3 is 62.6 Å². The molecule has 542 valence electrons. The summed E-state index contributed by atoms with van der Waals surface area (Å²) < 4.78 is 4.64. The number of unbranched alkanes of at least 4 members (excludes halogenated alkanes) is 1. The normalized spacial score (nSPS) is 20.0. The van der Waals surface area contributed by atoms with Crippen LogP contribution in [0.3, 0.4) is 0 Å². The predicted molar refractivity (Wildman–Crippen MR) is 399 cm³/mol. The average Bonchev–Trinajstić information content (AvgIpc) is 0.912. The van der Waals surface area contributed by atoms with Gasteiger partial charge in [-0.05, 0) is 111 Å². The summed E-state index contributed by atoms with van der Waals surface area (Å²) in [5.41, 5.74) is 6.15. The second-order valence-electron chi connectivity index (χ2n) is 26.5. The molecule has 8 rings (SSSR count). The van der Waals surface area contributed by atoms with Crippen LogP contribution in [0.5, 0.6) is 0 Å². The Morgan fingerprint density at radius 3 is 1.78 bits per heavy atom. The summed E-state index contributed by atoms with van der Waals surface area (Å²) in [6, 6.07) is 45.9. The maximum absolute atomic E-state index is 15.5. The molecule has 6 aromatic rings. The van der Waals surface area contributed by atoms with Crippen molar-refractivity contribution in [3.63, 3.8) is 0 Å². The zero-order valence-electron chi connectivity index (χ0n) is 58.1. The second-order valence-corrected chi connectivity index (χ2v) is 30.4. The minimum atomic E-state index is -1.75. The number of alkyl carbamates (subject to hydrolysis) is 1. The Labute approximate surface area is 608 Å². The third-order valence-electron chi connectivity index (χ3n) is 17.5. The first-order valence-electron chi connectivity index (χ1n) is 34.5. The molecule has 21 nitrogen and oxygen atoms in total. The Hall–Kier alpha value is -8.78. The highest BCUT2D eigenvalue weighted by Crippen LogP contribution is 2.48. The first-order valence-corrected chi connectivity index (χ1v) is 38.0. The van der Waals surface area contributed by atoms with Gasteiger partial charge in [0, 0.05) is 55.4 Å². The van der Waals surface area contributed by atoms with Crippen LogP contribution >= 0.6 is 33.3 Å². The summed E-state index contributed by atoms with van der Waals surface area (Å²) in [4.78, 5) is 132. The average molecular weight is 1450 g/mol. The maximum Gasteiger partial charge on any atom is 0.407 e. The standard InChI is InChI=1S/C78H94N8O13S3/c1-50(88)64(47-87)83-74(96)66-49-102-101-48-65(84-72(94)62(44-53-27-13-7-14-28-53)80-68(91)40-42-100-78(57-30-15-8-16-31-57,58-32-17-9-18-33-58)59-34-19-10-20-35-59)67(90)46-56(43-52-25-11-6-12-26-52)70(92)82-63(45-55-39-38-54-29-21-22-36-60(54)55)73(95)81-61(71(93)86-69(51(2)89)75(97)85-66)37-23-24-41-79-76(98)99-77(3,4)5/h6-22,25-36,39,50-51,56,61-66,69,87-89H,23-24,37-38,40-49H2,1-5H3,(H,79,98)(H,80,91)(H,81,95)(H,82,92)(H,83,96)(H,84,94)(H,85,97)(H,86,93)/t50-,51-,56-,61+,62-,63-,64?,65+,66+,69+/m1/s1. The van der Waals surface area contributed by atoms with E-state index in [1.165, 1.54) is 13.8 Å². The van der Waals surface area contributed by atoms with E-state index >= 15 is 19.2 Å². The van der Waals surface area contributed by atoms with E-state index in [-0.39, 0.29) is 63.0 Å². The molecule has 1 saturated heterocycles. The van der Waals surface area contributed by atoms with Gasteiger partial charge in [0.15, 0.2) is 5.78 Å². The van der Waals surface area contributed by atoms with Crippen molar-refractivity contribution in [3.8, 4) is 0 Å². The Morgan fingerprint density at radius 1 is 0.637 bits per heavy atom. The first kappa shape index (κ1) is 78.9. The van der Waals surface area contributed by atoms with Gasteiger partial charge in [0.25, 0.3) is 0 Å². The third-order valence-corrected chi connectivity index (χ3v) is 21.5. The van der Waals surface area contributed by atoms with Gasteiger partial charge in [-0.15, -0.1) is 11.8 Å². The lowest BCUT2D eigenvalue weighted by Crippen LogP contribution is -2.61. The van der Waals surface area contributed by atoms with Crippen LogP contribution in [0, 0.1) is 5.92 Å². The molecule has 10 atom stereocenters. The minimum absolute atomic E-state index is 0.00742. The van der Waals surface area contributed by atoms with E-state index in [9.17, 15) is 39.3 Å². The monoisotopic (exact) mass is 1450 g/mol. The molecule has 8 amide bonds. The summed E-state index contributed by atoms with van der Waals surface area (Å²) in [6.45, 7) is 7.18. The zero-order chi connectivity index (χ0) is 73.2. The molecule has 2 aliphatic rings. The Balaban J connectivity index is 1.14. The summed E-state index contributed by atoms with van der Waals surface area (Å²) in [6.07, 6.45) is -1.21. The molecular formula is C78H94N8O13S3. The predicted octanol–water partition coefficient (Wildman–Crippen LogP) is 7.43. The van der Waals surface area contributed by atoms with Gasteiger partial charge in [-0.3, -0.25) is 38.4 Å². The van der Waals surface area contributed by atoms with Crippen LogP contribution in [-0.2, 0) is 67.1 Å². The number of allylic oxidation sites excluding steroid dienone is 1. The van der Waals surface area contributed by atoms with Crippen molar-refractivity contribution in [2.75, 3.05) is 30.4 Å². The number of rotatable bonds is 26. The lowest BCUT2D eigenvalue weighted by molar-refractivity contribution is -0.137. The second kappa shape index (κ2) is 39.0. The van der Waals surface area contributed by atoms with Gasteiger partial charge in [0.2, 0.25) is 41.4 Å². The number of hydrogen-bond donors (Lipinski definition) is 11. The molecule has 11 N–H and O–H groups in total. The fourth-order valence-electron chi connectivity index (χ4n) is 12.1. The first-order chi connectivity index (χ1) is 49.0. The van der Waals surface area contributed by atoms with E-state index in [2.05, 4.69) is 78.9 Å². The number of Topliss-reactive ketones (excluding diaryl/α,β-unsaturated/α-hetero) is 1. The van der Waals surface area contributed by atoms with E-state index in [1.807, 2.05) is 103 Å². The number of benzene rings is 6. The molecule has 0 radical (unpaired) electrons. The fourth-order valence-corrected chi connectivity index (χ4v) is 16.0. The summed E-state index contributed by atoms with van der Waals surface area (Å²) in [5, 5.41) is 54.1. The molecule has 0 aromatic heterocycles. The van der Waals surface area contributed by atoms with Crippen LogP contribution < -0.4 is 42.5 Å². The largest absolute Gasteiger partial charge is 0.444 e. The van der Waals surface area contributed by atoms with E-state index in [1.54, 1.807) is 75.0 Å². The number of carbonyl (C=O) groups excluding carboxylic acids is 9. The van der Waals surface area contributed by atoms with E-state index in [0.29, 0.717) is 23.3 Å².